The van der Waals surface area contributed by atoms with E-state index in [-0.39, 0.29) is 11.5 Å². The number of hydrogen-bond donors (Lipinski definition) is 0. The minimum Gasteiger partial charge on any atom is -0.494 e. The predicted octanol–water partition coefficient (Wildman–Crippen LogP) is 3.53. The molecule has 2 aliphatic rings. The number of nitrogens with zero attached hydrogens (tertiary/aromatic N) is 1. The minimum absolute atomic E-state index is 0.208. The monoisotopic (exact) mass is 395 g/mol. The third-order valence-corrected chi connectivity index (χ3v) is 4.60. The van der Waals surface area contributed by atoms with E-state index in [9.17, 15) is 9.59 Å². The van der Waals surface area contributed by atoms with E-state index in [1.165, 1.54) is 0 Å². The lowest BCUT2D eigenvalue weighted by Gasteiger charge is -2.25. The van der Waals surface area contributed by atoms with E-state index in [1.807, 2.05) is 31.2 Å². The van der Waals surface area contributed by atoms with Crippen molar-refractivity contribution >= 4 is 18.0 Å². The highest BCUT2D eigenvalue weighted by atomic mass is 16.6. The van der Waals surface area contributed by atoms with Crippen molar-refractivity contribution in [2.75, 3.05) is 32.9 Å². The molecule has 0 aliphatic carbocycles. The molecular weight excluding hydrogens is 374 g/mol. The molecule has 0 bridgehead atoms. The van der Waals surface area contributed by atoms with Gasteiger partial charge in [-0.05, 0) is 42.8 Å². The van der Waals surface area contributed by atoms with E-state index in [1.54, 1.807) is 29.2 Å². The largest absolute Gasteiger partial charge is 0.494 e. The lowest BCUT2D eigenvalue weighted by molar-refractivity contribution is 0.0416. The summed E-state index contributed by atoms with van der Waals surface area (Å²) in [5.41, 5.74) is 1.26. The van der Waals surface area contributed by atoms with E-state index >= 15 is 0 Å². The first-order valence-electron chi connectivity index (χ1n) is 9.49. The summed E-state index contributed by atoms with van der Waals surface area (Å²) < 4.78 is 21.8. The second kappa shape index (κ2) is 8.36. The van der Waals surface area contributed by atoms with Gasteiger partial charge in [-0.15, -0.1) is 0 Å². The molecule has 150 valence electrons. The summed E-state index contributed by atoms with van der Waals surface area (Å²) in [6.45, 7) is 4.50. The molecule has 7 heteroatoms. The van der Waals surface area contributed by atoms with E-state index in [0.717, 1.165) is 11.3 Å². The molecule has 0 aromatic heterocycles. The Balaban J connectivity index is 1.47. The molecular formula is C22H21NO6. The second-order valence-electron chi connectivity index (χ2n) is 6.57. The first-order valence-corrected chi connectivity index (χ1v) is 9.49. The van der Waals surface area contributed by atoms with Gasteiger partial charge in [0.05, 0.1) is 25.4 Å². The highest BCUT2D eigenvalue weighted by molar-refractivity contribution is 6.14. The number of morpholine rings is 1. The Morgan fingerprint density at radius 1 is 1.10 bits per heavy atom. The Morgan fingerprint density at radius 3 is 2.55 bits per heavy atom. The molecule has 4 rings (SSSR count). The van der Waals surface area contributed by atoms with Crippen molar-refractivity contribution in [3.8, 4) is 17.2 Å². The first kappa shape index (κ1) is 19.0. The van der Waals surface area contributed by atoms with Crippen LogP contribution in [0.25, 0.3) is 6.08 Å². The maximum atomic E-state index is 12.6. The standard InChI is InChI=1S/C22H21NO6/c1-2-27-16-5-3-15(4-6-16)13-20-21(24)18-8-7-17(14-19(18)29-20)28-22(25)23-9-11-26-12-10-23/h3-8,13-14H,2,9-12H2,1H3. The molecule has 2 aromatic carbocycles. The number of ketones is 1. The van der Waals surface area contributed by atoms with Crippen LogP contribution in [0.4, 0.5) is 4.79 Å². The normalized spacial score (nSPS) is 17.1. The maximum Gasteiger partial charge on any atom is 0.415 e. The Bertz CT molecular complexity index is 944. The summed E-state index contributed by atoms with van der Waals surface area (Å²) in [5.74, 6) is 1.49. The molecule has 2 aromatic rings. The van der Waals surface area contributed by atoms with Crippen molar-refractivity contribution in [3.05, 3.63) is 59.4 Å². The van der Waals surface area contributed by atoms with Gasteiger partial charge in [0.2, 0.25) is 5.78 Å². The number of amides is 1. The molecule has 0 atom stereocenters. The summed E-state index contributed by atoms with van der Waals surface area (Å²) in [7, 11) is 0. The van der Waals surface area contributed by atoms with Gasteiger partial charge in [-0.25, -0.2) is 4.79 Å². The van der Waals surface area contributed by atoms with Crippen LogP contribution in [-0.2, 0) is 4.74 Å². The third kappa shape index (κ3) is 4.25. The van der Waals surface area contributed by atoms with E-state index < -0.39 is 6.09 Å². The molecule has 1 amide bonds. The lowest BCUT2D eigenvalue weighted by atomic mass is 10.1. The van der Waals surface area contributed by atoms with Crippen LogP contribution in [0.2, 0.25) is 0 Å². The van der Waals surface area contributed by atoms with Gasteiger partial charge in [0.25, 0.3) is 0 Å². The molecule has 1 fully saturated rings. The van der Waals surface area contributed by atoms with Gasteiger partial charge in [-0.3, -0.25) is 4.79 Å². The summed E-state index contributed by atoms with van der Waals surface area (Å²) in [6, 6.07) is 12.2. The van der Waals surface area contributed by atoms with Crippen molar-refractivity contribution in [2.24, 2.45) is 0 Å². The number of Topliss-reactive ketones (excluding diaryl/α,β-unsaturated/α-hetero) is 1. The van der Waals surface area contributed by atoms with Crippen molar-refractivity contribution in [1.29, 1.82) is 0 Å². The van der Waals surface area contributed by atoms with Gasteiger partial charge >= 0.3 is 6.09 Å². The van der Waals surface area contributed by atoms with Gasteiger partial charge in [0, 0.05) is 19.2 Å². The Morgan fingerprint density at radius 2 is 1.83 bits per heavy atom. The number of ether oxygens (including phenoxy) is 4. The Kier molecular flexibility index (Phi) is 5.48. The Labute approximate surface area is 168 Å². The molecule has 2 aliphatic heterocycles. The number of carbonyl (C=O) groups is 2. The fraction of sp³-hybridized carbons (Fsp3) is 0.273. The summed E-state index contributed by atoms with van der Waals surface area (Å²) in [4.78, 5) is 26.4. The highest BCUT2D eigenvalue weighted by Gasteiger charge is 2.28. The van der Waals surface area contributed by atoms with Crippen molar-refractivity contribution in [3.63, 3.8) is 0 Å². The van der Waals surface area contributed by atoms with Gasteiger partial charge in [0.15, 0.2) is 5.76 Å². The van der Waals surface area contributed by atoms with Crippen LogP contribution < -0.4 is 14.2 Å². The van der Waals surface area contributed by atoms with Gasteiger partial charge in [0.1, 0.15) is 17.2 Å². The highest BCUT2D eigenvalue weighted by Crippen LogP contribution is 2.35. The van der Waals surface area contributed by atoms with E-state index in [4.69, 9.17) is 18.9 Å². The van der Waals surface area contributed by atoms with E-state index in [2.05, 4.69) is 0 Å². The smallest absolute Gasteiger partial charge is 0.415 e. The number of fused-ring (bicyclic) bond motifs is 1. The topological polar surface area (TPSA) is 74.3 Å². The lowest BCUT2D eigenvalue weighted by Crippen LogP contribution is -2.42. The summed E-state index contributed by atoms with van der Waals surface area (Å²) in [5, 5.41) is 0. The second-order valence-corrected chi connectivity index (χ2v) is 6.57. The molecule has 0 N–H and O–H groups in total. The van der Waals surface area contributed by atoms with Crippen LogP contribution in [0.3, 0.4) is 0 Å². The molecule has 0 unspecified atom stereocenters. The molecule has 2 heterocycles. The molecule has 1 saturated heterocycles. The zero-order valence-corrected chi connectivity index (χ0v) is 16.1. The number of benzene rings is 2. The maximum absolute atomic E-state index is 12.6. The average molecular weight is 395 g/mol. The van der Waals surface area contributed by atoms with Gasteiger partial charge in [-0.1, -0.05) is 12.1 Å². The van der Waals surface area contributed by atoms with Crippen LogP contribution in [0, 0.1) is 0 Å². The molecule has 0 saturated carbocycles. The van der Waals surface area contributed by atoms with Crippen molar-refractivity contribution in [2.45, 2.75) is 6.92 Å². The zero-order chi connectivity index (χ0) is 20.2. The summed E-state index contributed by atoms with van der Waals surface area (Å²) in [6.07, 6.45) is 1.24. The molecule has 29 heavy (non-hydrogen) atoms. The molecule has 0 spiro atoms. The van der Waals surface area contributed by atoms with Gasteiger partial charge in [-0.2, -0.15) is 0 Å². The zero-order valence-electron chi connectivity index (χ0n) is 16.1. The number of rotatable bonds is 4. The summed E-state index contributed by atoms with van der Waals surface area (Å²) >= 11 is 0. The first-order chi connectivity index (χ1) is 14.1. The predicted molar refractivity (Wildman–Crippen MR) is 105 cm³/mol. The SMILES string of the molecule is CCOc1ccc(C=C2Oc3cc(OC(=O)N4CCOCC4)ccc3C2=O)cc1. The minimum atomic E-state index is -0.442. The fourth-order valence-corrected chi connectivity index (χ4v) is 3.12. The molecule has 0 radical (unpaired) electrons. The quantitative estimate of drug-likeness (QED) is 0.738. The van der Waals surface area contributed by atoms with Crippen molar-refractivity contribution < 1.29 is 28.5 Å². The number of allylic oxidation sites excluding steroid dienone is 1. The van der Waals surface area contributed by atoms with Gasteiger partial charge < -0.3 is 23.8 Å². The fourth-order valence-electron chi connectivity index (χ4n) is 3.12. The molecule has 7 nitrogen and oxygen atoms in total. The van der Waals surface area contributed by atoms with Crippen LogP contribution in [0.5, 0.6) is 17.2 Å². The Hall–Kier alpha value is -3.32. The van der Waals surface area contributed by atoms with E-state index in [0.29, 0.717) is 50.0 Å². The van der Waals surface area contributed by atoms with Crippen molar-refractivity contribution in [1.82, 2.24) is 4.90 Å². The van der Waals surface area contributed by atoms with Crippen LogP contribution in [-0.4, -0.2) is 49.7 Å². The van der Waals surface area contributed by atoms with Crippen LogP contribution in [0.15, 0.2) is 48.2 Å². The van der Waals surface area contributed by atoms with Crippen LogP contribution >= 0.6 is 0 Å². The average Bonchev–Trinajstić information content (AvgIpc) is 3.05. The number of hydrogen-bond acceptors (Lipinski definition) is 6. The van der Waals surface area contributed by atoms with Crippen LogP contribution in [0.1, 0.15) is 22.8 Å². The third-order valence-electron chi connectivity index (χ3n) is 4.60. The number of carbonyl (C=O) groups excluding carboxylic acids is 2.